The Kier molecular flexibility index (Phi) is 8.17. The van der Waals surface area contributed by atoms with E-state index in [9.17, 15) is 0 Å². The summed E-state index contributed by atoms with van der Waals surface area (Å²) in [7, 11) is 0. The predicted octanol–water partition coefficient (Wildman–Crippen LogP) is 16.3. The lowest BCUT2D eigenvalue weighted by molar-refractivity contribution is 0.669. The van der Waals surface area contributed by atoms with Crippen LogP contribution in [0.2, 0.25) is 0 Å². The van der Waals surface area contributed by atoms with Crippen LogP contribution in [0.5, 0.6) is 0 Å². The number of furan rings is 1. The first-order valence-electron chi connectivity index (χ1n) is 20.8. The number of para-hydroxylation sites is 3. The van der Waals surface area contributed by atoms with Gasteiger partial charge in [-0.2, -0.15) is 0 Å². The second-order valence-electron chi connectivity index (χ2n) is 15.7. The predicted molar refractivity (Wildman–Crippen MR) is 257 cm³/mol. The molecule has 0 radical (unpaired) electrons. The molecule has 12 aromatic rings. The van der Waals surface area contributed by atoms with E-state index in [0.29, 0.717) is 0 Å². The molecule has 3 nitrogen and oxygen atoms in total. The van der Waals surface area contributed by atoms with Crippen LogP contribution in [0.25, 0.3) is 93.6 Å². The SMILES string of the molecule is c1ccc(-c2ccc(N(c3ccc4cc(-c5cccc6c5c5ccccc5n6-c5ccccc5)ccc4c3)c3ccc4c(c3)oc3ccccc34)c(-c3ccccc3)c2)cc1. The summed E-state index contributed by atoms with van der Waals surface area (Å²) in [5.41, 5.74) is 15.5. The third-order valence-electron chi connectivity index (χ3n) is 12.2. The number of fused-ring (bicyclic) bond motifs is 7. The maximum absolute atomic E-state index is 6.49. The molecule has 0 aliphatic heterocycles. The van der Waals surface area contributed by atoms with Gasteiger partial charge in [0.2, 0.25) is 0 Å². The van der Waals surface area contributed by atoms with Crippen LogP contribution in [0.4, 0.5) is 17.1 Å². The molecule has 0 amide bonds. The molecule has 0 N–H and O–H groups in total. The molecule has 12 rings (SSSR count). The van der Waals surface area contributed by atoms with Crippen molar-refractivity contribution in [3.63, 3.8) is 0 Å². The van der Waals surface area contributed by atoms with Gasteiger partial charge in [-0.05, 0) is 111 Å². The average molecular weight is 779 g/mol. The molecule has 0 bridgehead atoms. The lowest BCUT2D eigenvalue weighted by atomic mass is 9.95. The zero-order valence-electron chi connectivity index (χ0n) is 33.2. The second kappa shape index (κ2) is 14.3. The molecule has 3 heteroatoms. The lowest BCUT2D eigenvalue weighted by Gasteiger charge is -2.28. The van der Waals surface area contributed by atoms with Crippen LogP contribution in [0.15, 0.2) is 235 Å². The van der Waals surface area contributed by atoms with Gasteiger partial charge in [-0.3, -0.25) is 0 Å². The van der Waals surface area contributed by atoms with E-state index >= 15 is 0 Å². The summed E-state index contributed by atoms with van der Waals surface area (Å²) >= 11 is 0. The molecule has 0 aliphatic rings. The molecule has 0 atom stereocenters. The summed E-state index contributed by atoms with van der Waals surface area (Å²) in [4.78, 5) is 2.39. The molecule has 286 valence electrons. The molecule has 2 heterocycles. The summed E-state index contributed by atoms with van der Waals surface area (Å²) in [6.07, 6.45) is 0. The maximum Gasteiger partial charge on any atom is 0.137 e. The number of anilines is 3. The molecule has 61 heavy (non-hydrogen) atoms. The number of rotatable bonds is 7. The van der Waals surface area contributed by atoms with Crippen molar-refractivity contribution in [2.75, 3.05) is 4.90 Å². The Morgan fingerprint density at radius 2 is 0.967 bits per heavy atom. The number of hydrogen-bond acceptors (Lipinski definition) is 2. The summed E-state index contributed by atoms with van der Waals surface area (Å²) in [6, 6.07) is 83.0. The Morgan fingerprint density at radius 3 is 1.80 bits per heavy atom. The van der Waals surface area contributed by atoms with Gasteiger partial charge in [0.15, 0.2) is 0 Å². The van der Waals surface area contributed by atoms with Gasteiger partial charge < -0.3 is 13.9 Å². The van der Waals surface area contributed by atoms with E-state index in [2.05, 4.69) is 228 Å². The monoisotopic (exact) mass is 778 g/mol. The Labute approximate surface area is 353 Å². The van der Waals surface area contributed by atoms with E-state index < -0.39 is 0 Å². The first kappa shape index (κ1) is 34.9. The summed E-state index contributed by atoms with van der Waals surface area (Å²) in [6.45, 7) is 0. The molecular weight excluding hydrogens is 741 g/mol. The van der Waals surface area contributed by atoms with Crippen molar-refractivity contribution in [1.29, 1.82) is 0 Å². The van der Waals surface area contributed by atoms with Crippen molar-refractivity contribution in [2.24, 2.45) is 0 Å². The van der Waals surface area contributed by atoms with Crippen molar-refractivity contribution >= 4 is 71.6 Å². The third kappa shape index (κ3) is 5.90. The Hall–Kier alpha value is -8.14. The highest BCUT2D eigenvalue weighted by atomic mass is 16.3. The van der Waals surface area contributed by atoms with Gasteiger partial charge in [0, 0.05) is 50.2 Å². The maximum atomic E-state index is 6.49. The van der Waals surface area contributed by atoms with Crippen LogP contribution < -0.4 is 4.90 Å². The largest absolute Gasteiger partial charge is 0.456 e. The Morgan fingerprint density at radius 1 is 0.344 bits per heavy atom. The van der Waals surface area contributed by atoms with Crippen molar-refractivity contribution < 1.29 is 4.42 Å². The number of aromatic nitrogens is 1. The smallest absolute Gasteiger partial charge is 0.137 e. The van der Waals surface area contributed by atoms with Crippen LogP contribution in [-0.2, 0) is 0 Å². The van der Waals surface area contributed by atoms with E-state index in [0.717, 1.165) is 61.2 Å². The minimum absolute atomic E-state index is 0.860. The van der Waals surface area contributed by atoms with Crippen LogP contribution in [-0.4, -0.2) is 4.57 Å². The van der Waals surface area contributed by atoms with Gasteiger partial charge in [0.1, 0.15) is 11.2 Å². The van der Waals surface area contributed by atoms with Gasteiger partial charge in [0.05, 0.1) is 16.7 Å². The molecule has 0 unspecified atom stereocenters. The fourth-order valence-electron chi connectivity index (χ4n) is 9.33. The Bertz CT molecular complexity index is 3580. The minimum atomic E-state index is 0.860. The molecule has 0 saturated heterocycles. The molecular formula is C58H38N2O. The highest BCUT2D eigenvalue weighted by molar-refractivity contribution is 6.16. The first-order valence-corrected chi connectivity index (χ1v) is 20.8. The van der Waals surface area contributed by atoms with Crippen molar-refractivity contribution in [1.82, 2.24) is 4.57 Å². The van der Waals surface area contributed by atoms with Gasteiger partial charge in [0.25, 0.3) is 0 Å². The third-order valence-corrected chi connectivity index (χ3v) is 12.2. The van der Waals surface area contributed by atoms with Crippen LogP contribution in [0.1, 0.15) is 0 Å². The van der Waals surface area contributed by atoms with E-state index in [1.807, 2.05) is 12.1 Å². The molecule has 0 saturated carbocycles. The average Bonchev–Trinajstić information content (AvgIpc) is 3.88. The minimum Gasteiger partial charge on any atom is -0.456 e. The number of nitrogens with zero attached hydrogens (tertiary/aromatic N) is 2. The number of benzene rings is 10. The quantitative estimate of drug-likeness (QED) is 0.161. The van der Waals surface area contributed by atoms with E-state index in [1.54, 1.807) is 0 Å². The van der Waals surface area contributed by atoms with Crippen LogP contribution in [0, 0.1) is 0 Å². The summed E-state index contributed by atoms with van der Waals surface area (Å²) < 4.78 is 8.87. The molecule has 0 fully saturated rings. The van der Waals surface area contributed by atoms with Gasteiger partial charge in [-0.15, -0.1) is 0 Å². The zero-order valence-corrected chi connectivity index (χ0v) is 33.2. The summed E-state index contributed by atoms with van der Waals surface area (Å²) in [5, 5.41) is 7.08. The topological polar surface area (TPSA) is 21.3 Å². The lowest BCUT2D eigenvalue weighted by Crippen LogP contribution is -2.11. The molecule has 10 aromatic carbocycles. The second-order valence-corrected chi connectivity index (χ2v) is 15.7. The van der Waals surface area contributed by atoms with Gasteiger partial charge in [-0.1, -0.05) is 152 Å². The normalized spacial score (nSPS) is 11.6. The molecule has 2 aromatic heterocycles. The molecule has 0 aliphatic carbocycles. The van der Waals surface area contributed by atoms with Crippen molar-refractivity contribution in [3.05, 3.63) is 231 Å². The molecule has 0 spiro atoms. The van der Waals surface area contributed by atoms with E-state index in [-0.39, 0.29) is 0 Å². The fraction of sp³-hybridized carbons (Fsp3) is 0. The summed E-state index contributed by atoms with van der Waals surface area (Å²) in [5.74, 6) is 0. The van der Waals surface area contributed by atoms with Crippen LogP contribution in [0.3, 0.4) is 0 Å². The van der Waals surface area contributed by atoms with Crippen molar-refractivity contribution in [3.8, 4) is 39.1 Å². The zero-order chi connectivity index (χ0) is 40.3. The number of hydrogen-bond donors (Lipinski definition) is 0. The fourth-order valence-corrected chi connectivity index (χ4v) is 9.33. The van der Waals surface area contributed by atoms with E-state index in [1.165, 1.54) is 49.4 Å². The highest BCUT2D eigenvalue weighted by Gasteiger charge is 2.21. The van der Waals surface area contributed by atoms with Crippen LogP contribution >= 0.6 is 0 Å². The van der Waals surface area contributed by atoms with E-state index in [4.69, 9.17) is 4.42 Å². The first-order chi connectivity index (χ1) is 30.2. The van der Waals surface area contributed by atoms with Gasteiger partial charge in [-0.25, -0.2) is 0 Å². The standard InChI is InChI=1S/C58H38N2O/c1-4-15-39(16-5-1)43-30-34-54(52(37-43)40-17-6-2-7-18-40)59(47-32-33-50-49-21-11-13-26-56(49)61-57(50)38-47)46-31-29-41-35-44(28-27-42(41)36-46)48-23-14-25-55-58(48)51-22-10-12-24-53(51)60(55)45-19-8-3-9-20-45/h1-38H. The van der Waals surface area contributed by atoms with Crippen molar-refractivity contribution in [2.45, 2.75) is 0 Å². The highest BCUT2D eigenvalue weighted by Crippen LogP contribution is 2.45. The Balaban J connectivity index is 1.03. The van der Waals surface area contributed by atoms with Gasteiger partial charge >= 0.3 is 0 Å².